The highest BCUT2D eigenvalue weighted by molar-refractivity contribution is 7.80. The molecule has 1 heterocycles. The monoisotopic (exact) mass is 283 g/mol. The molecular formula is C14H25N3OS. The van der Waals surface area contributed by atoms with Crippen molar-refractivity contribution in [3.05, 3.63) is 0 Å². The van der Waals surface area contributed by atoms with Crippen LogP contribution in [0.15, 0.2) is 0 Å². The van der Waals surface area contributed by atoms with Crippen molar-refractivity contribution in [3.63, 3.8) is 0 Å². The van der Waals surface area contributed by atoms with Gasteiger partial charge in [-0.25, -0.2) is 0 Å². The van der Waals surface area contributed by atoms with Crippen molar-refractivity contribution in [2.45, 2.75) is 38.6 Å². The lowest BCUT2D eigenvalue weighted by Gasteiger charge is -2.47. The van der Waals surface area contributed by atoms with Gasteiger partial charge in [0.05, 0.1) is 10.4 Å². The Morgan fingerprint density at radius 3 is 2.58 bits per heavy atom. The highest BCUT2D eigenvalue weighted by Crippen LogP contribution is 2.48. The van der Waals surface area contributed by atoms with Gasteiger partial charge >= 0.3 is 0 Å². The molecule has 1 aliphatic carbocycles. The lowest BCUT2D eigenvalue weighted by atomic mass is 9.61. The van der Waals surface area contributed by atoms with Crippen LogP contribution in [0.3, 0.4) is 0 Å². The molecule has 1 unspecified atom stereocenters. The Kier molecular flexibility index (Phi) is 4.16. The van der Waals surface area contributed by atoms with Gasteiger partial charge in [0.25, 0.3) is 0 Å². The van der Waals surface area contributed by atoms with Crippen LogP contribution in [0.25, 0.3) is 0 Å². The first-order valence-electron chi connectivity index (χ1n) is 7.12. The number of hydrogen-bond donors (Lipinski definition) is 1. The molecule has 5 heteroatoms. The number of likely N-dealkylation sites (N-methyl/N-ethyl adjacent to an activating group) is 1. The third kappa shape index (κ3) is 2.63. The van der Waals surface area contributed by atoms with E-state index in [9.17, 15) is 4.79 Å². The van der Waals surface area contributed by atoms with Gasteiger partial charge in [-0.05, 0) is 45.7 Å². The number of carbonyl (C=O) groups excluding carboxylic acids is 1. The largest absolute Gasteiger partial charge is 0.392 e. The van der Waals surface area contributed by atoms with E-state index >= 15 is 0 Å². The maximum absolute atomic E-state index is 12.9. The highest BCUT2D eigenvalue weighted by atomic mass is 32.1. The first kappa shape index (κ1) is 14.7. The summed E-state index contributed by atoms with van der Waals surface area (Å²) in [6.45, 7) is 3.94. The predicted octanol–water partition coefficient (Wildman–Crippen LogP) is 1.24. The van der Waals surface area contributed by atoms with E-state index in [1.165, 1.54) is 0 Å². The lowest BCUT2D eigenvalue weighted by molar-refractivity contribution is -0.145. The third-order valence-corrected chi connectivity index (χ3v) is 4.88. The fourth-order valence-corrected chi connectivity index (χ4v) is 3.85. The number of hydrogen-bond acceptors (Lipinski definition) is 3. The van der Waals surface area contributed by atoms with Gasteiger partial charge in [0.1, 0.15) is 0 Å². The van der Waals surface area contributed by atoms with Crippen LogP contribution in [0, 0.1) is 11.3 Å². The zero-order valence-electron chi connectivity index (χ0n) is 12.2. The molecule has 2 N–H and O–H groups in total. The molecule has 4 nitrogen and oxygen atoms in total. The van der Waals surface area contributed by atoms with Crippen LogP contribution in [-0.2, 0) is 4.79 Å². The number of rotatable bonds is 4. The summed E-state index contributed by atoms with van der Waals surface area (Å²) in [6.07, 6.45) is 3.83. The normalized spacial score (nSPS) is 34.4. The molecular weight excluding hydrogens is 258 g/mol. The molecule has 108 valence electrons. The molecule has 2 fully saturated rings. The van der Waals surface area contributed by atoms with Crippen LogP contribution < -0.4 is 5.73 Å². The first-order chi connectivity index (χ1) is 8.86. The lowest BCUT2D eigenvalue weighted by Crippen LogP contribution is -2.58. The van der Waals surface area contributed by atoms with E-state index in [-0.39, 0.29) is 5.91 Å². The molecule has 0 radical (unpaired) electrons. The summed E-state index contributed by atoms with van der Waals surface area (Å²) in [5, 5.41) is 0. The van der Waals surface area contributed by atoms with Crippen LogP contribution in [0.2, 0.25) is 0 Å². The average molecular weight is 283 g/mol. The number of nitrogens with zero attached hydrogens (tertiary/aromatic N) is 2. The quantitative estimate of drug-likeness (QED) is 0.789. The number of thiocarbonyl (C=S) groups is 1. The van der Waals surface area contributed by atoms with Gasteiger partial charge in [0, 0.05) is 19.1 Å². The van der Waals surface area contributed by atoms with Crippen molar-refractivity contribution in [3.8, 4) is 0 Å². The van der Waals surface area contributed by atoms with Crippen molar-refractivity contribution in [1.29, 1.82) is 0 Å². The second-order valence-corrected chi connectivity index (χ2v) is 6.96. The average Bonchev–Trinajstić information content (AvgIpc) is 2.70. The molecule has 1 atom stereocenters. The minimum absolute atomic E-state index is 0.183. The molecule has 0 aromatic heterocycles. The molecule has 1 saturated carbocycles. The molecule has 1 aliphatic heterocycles. The zero-order chi connectivity index (χ0) is 14.2. The standard InChI is InChI=1S/C14H25N3OS/c1-10-7-14(8-10,12(15)19)13(18)17-6-4-5-11(17)9-16(2)3/h10-11H,4-9H2,1-3H3,(H2,15,19). The topological polar surface area (TPSA) is 49.6 Å². The van der Waals surface area contributed by atoms with E-state index in [1.807, 2.05) is 4.90 Å². The summed E-state index contributed by atoms with van der Waals surface area (Å²) in [7, 11) is 4.10. The minimum Gasteiger partial charge on any atom is -0.392 e. The van der Waals surface area contributed by atoms with Gasteiger partial charge in [-0.3, -0.25) is 4.79 Å². The van der Waals surface area contributed by atoms with E-state index in [4.69, 9.17) is 18.0 Å². The number of likely N-dealkylation sites (tertiary alicyclic amines) is 1. The molecule has 2 aliphatic rings. The molecule has 19 heavy (non-hydrogen) atoms. The van der Waals surface area contributed by atoms with Crippen molar-refractivity contribution in [2.24, 2.45) is 17.1 Å². The predicted molar refractivity (Wildman–Crippen MR) is 80.9 cm³/mol. The second-order valence-electron chi connectivity index (χ2n) is 6.52. The fraction of sp³-hybridized carbons (Fsp3) is 0.857. The number of carbonyl (C=O) groups is 1. The molecule has 1 saturated heterocycles. The Morgan fingerprint density at radius 2 is 2.11 bits per heavy atom. The van der Waals surface area contributed by atoms with Crippen LogP contribution in [0.4, 0.5) is 0 Å². The van der Waals surface area contributed by atoms with Gasteiger partial charge in [0.15, 0.2) is 0 Å². The molecule has 0 aromatic rings. The Balaban J connectivity index is 2.11. The summed E-state index contributed by atoms with van der Waals surface area (Å²) in [6, 6.07) is 0.324. The van der Waals surface area contributed by atoms with Crippen LogP contribution in [-0.4, -0.2) is 53.9 Å². The summed E-state index contributed by atoms with van der Waals surface area (Å²) < 4.78 is 0. The summed E-state index contributed by atoms with van der Waals surface area (Å²) in [5.41, 5.74) is 5.35. The Bertz CT molecular complexity index is 377. The minimum atomic E-state index is -0.538. The van der Waals surface area contributed by atoms with E-state index in [1.54, 1.807) is 0 Å². The summed E-state index contributed by atoms with van der Waals surface area (Å²) >= 11 is 5.19. The number of nitrogens with two attached hydrogens (primary N) is 1. The van der Waals surface area contributed by atoms with E-state index in [2.05, 4.69) is 25.9 Å². The van der Waals surface area contributed by atoms with E-state index in [0.29, 0.717) is 16.9 Å². The maximum atomic E-state index is 12.9. The van der Waals surface area contributed by atoms with Crippen molar-refractivity contribution < 1.29 is 4.79 Å². The number of amides is 1. The van der Waals surface area contributed by atoms with Gasteiger partial charge in [0.2, 0.25) is 5.91 Å². The van der Waals surface area contributed by atoms with Gasteiger partial charge < -0.3 is 15.5 Å². The van der Waals surface area contributed by atoms with Gasteiger partial charge in [-0.15, -0.1) is 0 Å². The van der Waals surface area contributed by atoms with Gasteiger partial charge in [-0.2, -0.15) is 0 Å². The van der Waals surface area contributed by atoms with Crippen LogP contribution in [0.5, 0.6) is 0 Å². The maximum Gasteiger partial charge on any atom is 0.235 e. The van der Waals surface area contributed by atoms with Crippen LogP contribution in [0.1, 0.15) is 32.6 Å². The highest BCUT2D eigenvalue weighted by Gasteiger charge is 2.53. The second kappa shape index (κ2) is 5.37. The third-order valence-electron chi connectivity index (χ3n) is 4.49. The molecule has 0 spiro atoms. The first-order valence-corrected chi connectivity index (χ1v) is 7.53. The molecule has 0 bridgehead atoms. The zero-order valence-corrected chi connectivity index (χ0v) is 13.0. The van der Waals surface area contributed by atoms with Crippen molar-refractivity contribution >= 4 is 23.1 Å². The van der Waals surface area contributed by atoms with E-state index < -0.39 is 5.41 Å². The van der Waals surface area contributed by atoms with E-state index in [0.717, 1.165) is 38.8 Å². The van der Waals surface area contributed by atoms with Gasteiger partial charge in [-0.1, -0.05) is 19.1 Å². The molecule has 2 rings (SSSR count). The van der Waals surface area contributed by atoms with Crippen molar-refractivity contribution in [1.82, 2.24) is 9.80 Å². The SMILES string of the molecule is CC1CC(C(=O)N2CCCC2CN(C)C)(C(N)=S)C1. The summed E-state index contributed by atoms with van der Waals surface area (Å²) in [4.78, 5) is 17.4. The Labute approximate surface area is 121 Å². The molecule has 0 aromatic carbocycles. The van der Waals surface area contributed by atoms with Crippen LogP contribution >= 0.6 is 12.2 Å². The van der Waals surface area contributed by atoms with Crippen molar-refractivity contribution in [2.75, 3.05) is 27.2 Å². The Morgan fingerprint density at radius 1 is 1.47 bits per heavy atom. The smallest absolute Gasteiger partial charge is 0.235 e. The molecule has 1 amide bonds. The Hall–Kier alpha value is -0.680. The fourth-order valence-electron chi connectivity index (χ4n) is 3.60. The summed E-state index contributed by atoms with van der Waals surface area (Å²) in [5.74, 6) is 0.739.